The molecule has 1 atom stereocenters. The molecule has 0 radical (unpaired) electrons. The molecule has 5 heteroatoms. The van der Waals surface area contributed by atoms with Gasteiger partial charge in [-0.1, -0.05) is 12.1 Å². The number of phenolic OH excluding ortho intramolecular Hbond substituents is 1. The largest absolute Gasteiger partial charge is 0.508 e. The van der Waals surface area contributed by atoms with Crippen molar-refractivity contribution in [3.05, 3.63) is 59.4 Å². The van der Waals surface area contributed by atoms with Gasteiger partial charge in [-0.05, 0) is 68.0 Å². The SMILES string of the molecule is Cc1cnccc1CCNC(=O)NC(C)CCc1ccc(O)cc1. The minimum atomic E-state index is -0.139. The first-order valence-corrected chi connectivity index (χ1v) is 8.26. The predicted molar refractivity (Wildman–Crippen MR) is 95.1 cm³/mol. The summed E-state index contributed by atoms with van der Waals surface area (Å²) in [5.74, 6) is 0.272. The van der Waals surface area contributed by atoms with Crippen LogP contribution in [-0.2, 0) is 12.8 Å². The van der Waals surface area contributed by atoms with Crippen LogP contribution in [0.25, 0.3) is 0 Å². The van der Waals surface area contributed by atoms with Gasteiger partial charge in [0.05, 0.1) is 0 Å². The molecule has 0 aliphatic rings. The Morgan fingerprint density at radius 3 is 2.67 bits per heavy atom. The van der Waals surface area contributed by atoms with E-state index in [1.165, 1.54) is 5.56 Å². The molecule has 0 saturated heterocycles. The molecule has 0 fully saturated rings. The lowest BCUT2D eigenvalue weighted by Crippen LogP contribution is -2.41. The molecule has 1 heterocycles. The zero-order valence-corrected chi connectivity index (χ0v) is 14.2. The number of aromatic nitrogens is 1. The van der Waals surface area contributed by atoms with Gasteiger partial charge in [0, 0.05) is 25.0 Å². The van der Waals surface area contributed by atoms with Crippen molar-refractivity contribution in [3.8, 4) is 5.75 Å². The van der Waals surface area contributed by atoms with Gasteiger partial charge >= 0.3 is 6.03 Å². The van der Waals surface area contributed by atoms with Crippen LogP contribution in [0.3, 0.4) is 0 Å². The van der Waals surface area contributed by atoms with Crippen LogP contribution in [0.4, 0.5) is 4.79 Å². The Kier molecular flexibility index (Phi) is 6.61. The minimum absolute atomic E-state index is 0.0847. The van der Waals surface area contributed by atoms with Crippen molar-refractivity contribution in [2.75, 3.05) is 6.54 Å². The quantitative estimate of drug-likeness (QED) is 0.732. The van der Waals surface area contributed by atoms with Crippen LogP contribution in [0.5, 0.6) is 5.75 Å². The highest BCUT2D eigenvalue weighted by molar-refractivity contribution is 5.74. The number of hydrogen-bond acceptors (Lipinski definition) is 3. The molecule has 1 aromatic carbocycles. The highest BCUT2D eigenvalue weighted by atomic mass is 16.3. The third kappa shape index (κ3) is 5.91. The Morgan fingerprint density at radius 2 is 1.96 bits per heavy atom. The van der Waals surface area contributed by atoms with Crippen molar-refractivity contribution in [3.63, 3.8) is 0 Å². The normalized spacial score (nSPS) is 11.8. The maximum Gasteiger partial charge on any atom is 0.315 e. The Hall–Kier alpha value is -2.56. The summed E-state index contributed by atoms with van der Waals surface area (Å²) in [6.45, 7) is 4.61. The van der Waals surface area contributed by atoms with E-state index in [0.717, 1.165) is 30.4 Å². The van der Waals surface area contributed by atoms with Crippen molar-refractivity contribution in [2.45, 2.75) is 39.2 Å². The van der Waals surface area contributed by atoms with E-state index in [1.807, 2.05) is 38.2 Å². The number of pyridine rings is 1. The van der Waals surface area contributed by atoms with Crippen LogP contribution in [0.15, 0.2) is 42.7 Å². The fraction of sp³-hybridized carbons (Fsp3) is 0.368. The van der Waals surface area contributed by atoms with Gasteiger partial charge in [-0.15, -0.1) is 0 Å². The molecular formula is C19H25N3O2. The Balaban J connectivity index is 1.66. The molecule has 24 heavy (non-hydrogen) atoms. The number of carbonyl (C=O) groups excluding carboxylic acids is 1. The third-order valence-corrected chi connectivity index (χ3v) is 4.00. The molecule has 1 aromatic heterocycles. The maximum absolute atomic E-state index is 11.9. The van der Waals surface area contributed by atoms with Crippen molar-refractivity contribution in [1.82, 2.24) is 15.6 Å². The summed E-state index contributed by atoms with van der Waals surface area (Å²) in [6, 6.07) is 9.09. The second-order valence-electron chi connectivity index (χ2n) is 6.06. The second kappa shape index (κ2) is 8.91. The van der Waals surface area contributed by atoms with Crippen molar-refractivity contribution in [1.29, 1.82) is 0 Å². The summed E-state index contributed by atoms with van der Waals surface area (Å²) >= 11 is 0. The number of benzene rings is 1. The average Bonchev–Trinajstić information content (AvgIpc) is 2.56. The van der Waals surface area contributed by atoms with Gasteiger partial charge in [0.25, 0.3) is 0 Å². The first-order valence-electron chi connectivity index (χ1n) is 8.26. The van der Waals surface area contributed by atoms with Gasteiger partial charge in [0.2, 0.25) is 0 Å². The van der Waals surface area contributed by atoms with Crippen LogP contribution in [0.1, 0.15) is 30.0 Å². The lowest BCUT2D eigenvalue weighted by Gasteiger charge is -2.15. The molecule has 1 unspecified atom stereocenters. The summed E-state index contributed by atoms with van der Waals surface area (Å²) < 4.78 is 0. The van der Waals surface area contributed by atoms with Gasteiger partial charge in [-0.3, -0.25) is 4.98 Å². The molecule has 128 valence electrons. The fourth-order valence-corrected chi connectivity index (χ4v) is 2.49. The van der Waals surface area contributed by atoms with E-state index in [9.17, 15) is 9.90 Å². The summed E-state index contributed by atoms with van der Waals surface area (Å²) in [5, 5.41) is 15.1. The number of aryl methyl sites for hydroxylation is 2. The molecule has 2 rings (SSSR count). The number of nitrogens with one attached hydrogen (secondary N) is 2. The lowest BCUT2D eigenvalue weighted by molar-refractivity contribution is 0.237. The Labute approximate surface area is 143 Å². The summed E-state index contributed by atoms with van der Waals surface area (Å²) in [5.41, 5.74) is 3.49. The van der Waals surface area contributed by atoms with Gasteiger partial charge in [-0.25, -0.2) is 4.79 Å². The number of urea groups is 1. The lowest BCUT2D eigenvalue weighted by atomic mass is 10.1. The smallest absolute Gasteiger partial charge is 0.315 e. The molecule has 5 nitrogen and oxygen atoms in total. The number of aromatic hydroxyl groups is 1. The van der Waals surface area contributed by atoms with Gasteiger partial charge < -0.3 is 15.7 Å². The second-order valence-corrected chi connectivity index (χ2v) is 6.06. The van der Waals surface area contributed by atoms with E-state index in [-0.39, 0.29) is 17.8 Å². The molecule has 0 saturated carbocycles. The Morgan fingerprint density at radius 1 is 1.21 bits per heavy atom. The first-order chi connectivity index (χ1) is 11.5. The van der Waals surface area contributed by atoms with E-state index in [1.54, 1.807) is 18.3 Å². The molecular weight excluding hydrogens is 302 g/mol. The minimum Gasteiger partial charge on any atom is -0.508 e. The van der Waals surface area contributed by atoms with Gasteiger partial charge in [0.15, 0.2) is 0 Å². The van der Waals surface area contributed by atoms with E-state index < -0.39 is 0 Å². The number of carbonyl (C=O) groups is 1. The van der Waals surface area contributed by atoms with Crippen LogP contribution in [0, 0.1) is 6.92 Å². The van der Waals surface area contributed by atoms with Crippen molar-refractivity contribution >= 4 is 6.03 Å². The standard InChI is InChI=1S/C19H25N3O2/c1-14-13-20-11-9-17(14)10-12-21-19(24)22-15(2)3-4-16-5-7-18(23)8-6-16/h5-9,11,13,15,23H,3-4,10,12H2,1-2H3,(H2,21,22,24). The van der Waals surface area contributed by atoms with E-state index in [4.69, 9.17) is 0 Å². The molecule has 2 amide bonds. The average molecular weight is 327 g/mol. The van der Waals surface area contributed by atoms with E-state index in [2.05, 4.69) is 15.6 Å². The number of rotatable bonds is 7. The summed E-state index contributed by atoms with van der Waals surface area (Å²) in [6.07, 6.45) is 6.11. The van der Waals surface area contributed by atoms with Crippen molar-refractivity contribution in [2.24, 2.45) is 0 Å². The molecule has 0 aliphatic carbocycles. The predicted octanol–water partition coefficient (Wildman–Crippen LogP) is 2.96. The highest BCUT2D eigenvalue weighted by Crippen LogP contribution is 2.12. The number of amides is 2. The molecule has 0 spiro atoms. The third-order valence-electron chi connectivity index (χ3n) is 4.00. The van der Waals surface area contributed by atoms with Gasteiger partial charge in [0.1, 0.15) is 5.75 Å². The van der Waals surface area contributed by atoms with E-state index >= 15 is 0 Å². The fourth-order valence-electron chi connectivity index (χ4n) is 2.49. The molecule has 2 aromatic rings. The van der Waals surface area contributed by atoms with Crippen LogP contribution >= 0.6 is 0 Å². The molecule has 0 aliphatic heterocycles. The van der Waals surface area contributed by atoms with Crippen LogP contribution in [-0.4, -0.2) is 28.7 Å². The highest BCUT2D eigenvalue weighted by Gasteiger charge is 2.07. The zero-order valence-electron chi connectivity index (χ0n) is 14.2. The van der Waals surface area contributed by atoms with Gasteiger partial charge in [-0.2, -0.15) is 0 Å². The summed E-state index contributed by atoms with van der Waals surface area (Å²) in [7, 11) is 0. The van der Waals surface area contributed by atoms with Crippen LogP contribution in [0.2, 0.25) is 0 Å². The zero-order chi connectivity index (χ0) is 17.4. The number of hydrogen-bond donors (Lipinski definition) is 3. The summed E-state index contributed by atoms with van der Waals surface area (Å²) in [4.78, 5) is 16.0. The maximum atomic E-state index is 11.9. The molecule has 0 bridgehead atoms. The first kappa shape index (κ1) is 17.8. The van der Waals surface area contributed by atoms with Crippen molar-refractivity contribution < 1.29 is 9.90 Å². The number of phenols is 1. The van der Waals surface area contributed by atoms with Crippen LogP contribution < -0.4 is 10.6 Å². The Bertz CT molecular complexity index is 656. The van der Waals surface area contributed by atoms with E-state index in [0.29, 0.717) is 6.54 Å². The monoisotopic (exact) mass is 327 g/mol. The molecule has 3 N–H and O–H groups in total. The number of nitrogens with zero attached hydrogens (tertiary/aromatic N) is 1. The topological polar surface area (TPSA) is 74.2 Å².